The van der Waals surface area contributed by atoms with Gasteiger partial charge < -0.3 is 21.7 Å². The second-order valence-electron chi connectivity index (χ2n) is 5.74. The van der Waals surface area contributed by atoms with Gasteiger partial charge in [0.2, 0.25) is 0 Å². The number of hydrogen-bond donors (Lipinski definition) is 4. The molecule has 2 aromatic carbocycles. The summed E-state index contributed by atoms with van der Waals surface area (Å²) in [6, 6.07) is 11.8. The van der Waals surface area contributed by atoms with Crippen molar-refractivity contribution in [1.29, 1.82) is 0 Å². The Labute approximate surface area is 160 Å². The molecular formula is C19H17FN6O2. The first kappa shape index (κ1) is 18.8. The van der Waals surface area contributed by atoms with Gasteiger partial charge in [-0.2, -0.15) is 0 Å². The molecule has 0 unspecified atom stereocenters. The Morgan fingerprint density at radius 1 is 1.04 bits per heavy atom. The number of nitrogens with one attached hydrogen (secondary N) is 3. The number of benzene rings is 2. The van der Waals surface area contributed by atoms with Gasteiger partial charge in [0.25, 0.3) is 5.91 Å². The van der Waals surface area contributed by atoms with Crippen molar-refractivity contribution in [1.82, 2.24) is 15.3 Å². The van der Waals surface area contributed by atoms with Crippen LogP contribution in [0.15, 0.2) is 54.7 Å². The number of nitrogens with two attached hydrogens (primary N) is 1. The van der Waals surface area contributed by atoms with Crippen LogP contribution < -0.4 is 21.7 Å². The Morgan fingerprint density at radius 3 is 2.46 bits per heavy atom. The van der Waals surface area contributed by atoms with Crippen LogP contribution in [0, 0.1) is 5.82 Å². The molecule has 3 amide bonds. The van der Waals surface area contributed by atoms with E-state index in [4.69, 9.17) is 5.73 Å². The van der Waals surface area contributed by atoms with Crippen molar-refractivity contribution in [3.63, 3.8) is 0 Å². The van der Waals surface area contributed by atoms with Crippen LogP contribution in [-0.4, -0.2) is 29.0 Å². The van der Waals surface area contributed by atoms with E-state index in [9.17, 15) is 14.0 Å². The van der Waals surface area contributed by atoms with Crippen LogP contribution in [0.1, 0.15) is 10.5 Å². The molecule has 0 aliphatic carbocycles. The summed E-state index contributed by atoms with van der Waals surface area (Å²) in [5.74, 6) is -0.810. The van der Waals surface area contributed by atoms with E-state index in [1.54, 1.807) is 24.3 Å². The lowest BCUT2D eigenvalue weighted by molar-refractivity contribution is 0.0959. The van der Waals surface area contributed by atoms with E-state index in [1.165, 1.54) is 37.5 Å². The fourth-order valence-electron chi connectivity index (χ4n) is 2.41. The Hall–Kier alpha value is -4.01. The standard InChI is InChI=1S/C19H17FN6O2/c1-22-18(27)16-17(21)23-10-15(26-16)11-3-2-4-14(9-11)25-19(28)24-13-7-5-12(20)6-8-13/h2-10H,1H3,(H2,21,23)(H,22,27)(H2,24,25,28). The molecule has 1 heterocycles. The number of carbonyl (C=O) groups is 2. The Balaban J connectivity index is 1.78. The zero-order chi connectivity index (χ0) is 20.1. The number of nitrogen functional groups attached to an aromatic ring is 1. The predicted molar refractivity (Wildman–Crippen MR) is 104 cm³/mol. The van der Waals surface area contributed by atoms with Gasteiger partial charge in [0.15, 0.2) is 11.5 Å². The smallest absolute Gasteiger partial charge is 0.323 e. The molecule has 0 radical (unpaired) electrons. The normalized spacial score (nSPS) is 10.2. The molecule has 3 aromatic rings. The monoisotopic (exact) mass is 380 g/mol. The first-order valence-corrected chi connectivity index (χ1v) is 8.25. The van der Waals surface area contributed by atoms with Gasteiger partial charge in [0.1, 0.15) is 5.82 Å². The van der Waals surface area contributed by atoms with Crippen molar-refractivity contribution in [3.8, 4) is 11.3 Å². The lowest BCUT2D eigenvalue weighted by Gasteiger charge is -2.10. The highest BCUT2D eigenvalue weighted by Gasteiger charge is 2.13. The molecule has 142 valence electrons. The van der Waals surface area contributed by atoms with Crippen molar-refractivity contribution >= 4 is 29.1 Å². The number of urea groups is 1. The summed E-state index contributed by atoms with van der Waals surface area (Å²) >= 11 is 0. The summed E-state index contributed by atoms with van der Waals surface area (Å²) in [5.41, 5.74) is 7.73. The largest absolute Gasteiger partial charge is 0.382 e. The molecule has 0 saturated carbocycles. The van der Waals surface area contributed by atoms with Crippen LogP contribution in [-0.2, 0) is 0 Å². The van der Waals surface area contributed by atoms with Crippen molar-refractivity contribution < 1.29 is 14.0 Å². The van der Waals surface area contributed by atoms with Gasteiger partial charge in [-0.1, -0.05) is 12.1 Å². The van der Waals surface area contributed by atoms with Gasteiger partial charge in [-0.25, -0.2) is 19.2 Å². The fourth-order valence-corrected chi connectivity index (χ4v) is 2.41. The number of rotatable bonds is 4. The molecule has 28 heavy (non-hydrogen) atoms. The van der Waals surface area contributed by atoms with Crippen LogP contribution in [0.4, 0.5) is 26.4 Å². The summed E-state index contributed by atoms with van der Waals surface area (Å²) in [6.45, 7) is 0. The van der Waals surface area contributed by atoms with Crippen LogP contribution in [0.2, 0.25) is 0 Å². The van der Waals surface area contributed by atoms with Crippen LogP contribution >= 0.6 is 0 Å². The minimum absolute atomic E-state index is 0.0208. The maximum absolute atomic E-state index is 12.9. The molecule has 0 saturated heterocycles. The summed E-state index contributed by atoms with van der Waals surface area (Å²) in [4.78, 5) is 32.2. The second-order valence-corrected chi connectivity index (χ2v) is 5.74. The number of halogens is 1. The first-order chi connectivity index (χ1) is 13.5. The lowest BCUT2D eigenvalue weighted by atomic mass is 10.1. The van der Waals surface area contributed by atoms with Gasteiger partial charge in [-0.15, -0.1) is 0 Å². The van der Waals surface area contributed by atoms with Gasteiger partial charge in [-0.3, -0.25) is 4.79 Å². The maximum atomic E-state index is 12.9. The molecule has 0 bridgehead atoms. The molecule has 5 N–H and O–H groups in total. The highest BCUT2D eigenvalue weighted by molar-refractivity contribution is 6.00. The first-order valence-electron chi connectivity index (χ1n) is 8.25. The van der Waals surface area contributed by atoms with Crippen LogP contribution in [0.5, 0.6) is 0 Å². The van der Waals surface area contributed by atoms with Crippen molar-refractivity contribution in [2.45, 2.75) is 0 Å². The molecule has 0 atom stereocenters. The SMILES string of the molecule is CNC(=O)c1nc(-c2cccc(NC(=O)Nc3ccc(F)cc3)c2)cnc1N. The number of anilines is 3. The van der Waals surface area contributed by atoms with E-state index in [0.717, 1.165) is 0 Å². The van der Waals surface area contributed by atoms with Gasteiger partial charge in [0, 0.05) is 24.0 Å². The number of carbonyl (C=O) groups excluding carboxylic acids is 2. The van der Waals surface area contributed by atoms with E-state index in [0.29, 0.717) is 22.6 Å². The predicted octanol–water partition coefficient (Wildman–Crippen LogP) is 2.87. The van der Waals surface area contributed by atoms with Gasteiger partial charge in [-0.05, 0) is 36.4 Å². The molecule has 3 rings (SSSR count). The van der Waals surface area contributed by atoms with Crippen molar-refractivity contribution in [2.75, 3.05) is 23.4 Å². The highest BCUT2D eigenvalue weighted by atomic mass is 19.1. The third-order valence-electron chi connectivity index (χ3n) is 3.76. The van der Waals surface area contributed by atoms with E-state index in [-0.39, 0.29) is 17.3 Å². The third-order valence-corrected chi connectivity index (χ3v) is 3.76. The molecule has 1 aromatic heterocycles. The number of amides is 3. The minimum atomic E-state index is -0.488. The van der Waals surface area contributed by atoms with Gasteiger partial charge >= 0.3 is 6.03 Å². The third kappa shape index (κ3) is 4.39. The number of nitrogens with zero attached hydrogens (tertiary/aromatic N) is 2. The topological polar surface area (TPSA) is 122 Å². The number of aromatic nitrogens is 2. The van der Waals surface area contributed by atoms with E-state index < -0.39 is 11.9 Å². The van der Waals surface area contributed by atoms with Crippen LogP contribution in [0.3, 0.4) is 0 Å². The quantitative estimate of drug-likeness (QED) is 0.554. The average molecular weight is 380 g/mol. The Morgan fingerprint density at radius 2 is 1.75 bits per heavy atom. The summed E-state index contributed by atoms with van der Waals surface area (Å²) in [6.07, 6.45) is 1.44. The zero-order valence-corrected chi connectivity index (χ0v) is 14.9. The molecular weight excluding hydrogens is 363 g/mol. The highest BCUT2D eigenvalue weighted by Crippen LogP contribution is 2.22. The molecule has 8 nitrogen and oxygen atoms in total. The average Bonchev–Trinajstić information content (AvgIpc) is 2.69. The second kappa shape index (κ2) is 8.12. The minimum Gasteiger partial charge on any atom is -0.382 e. The Kier molecular flexibility index (Phi) is 5.45. The van der Waals surface area contributed by atoms with Crippen LogP contribution in [0.25, 0.3) is 11.3 Å². The van der Waals surface area contributed by atoms with E-state index in [2.05, 4.69) is 25.9 Å². The van der Waals surface area contributed by atoms with E-state index in [1.807, 2.05) is 0 Å². The summed E-state index contributed by atoms with van der Waals surface area (Å²) in [7, 11) is 1.47. The fraction of sp³-hybridized carbons (Fsp3) is 0.0526. The van der Waals surface area contributed by atoms with Gasteiger partial charge in [0.05, 0.1) is 11.9 Å². The molecule has 9 heteroatoms. The lowest BCUT2D eigenvalue weighted by Crippen LogP contribution is -2.21. The molecule has 0 aliphatic heterocycles. The molecule has 0 aliphatic rings. The summed E-state index contributed by atoms with van der Waals surface area (Å²) < 4.78 is 12.9. The summed E-state index contributed by atoms with van der Waals surface area (Å²) in [5, 5.41) is 7.74. The van der Waals surface area contributed by atoms with E-state index >= 15 is 0 Å². The number of hydrogen-bond acceptors (Lipinski definition) is 5. The molecule has 0 fully saturated rings. The Bertz CT molecular complexity index is 1020. The molecule has 0 spiro atoms. The van der Waals surface area contributed by atoms with Crippen molar-refractivity contribution in [2.24, 2.45) is 0 Å². The maximum Gasteiger partial charge on any atom is 0.323 e. The zero-order valence-electron chi connectivity index (χ0n) is 14.9. The van der Waals surface area contributed by atoms with Crippen molar-refractivity contribution in [3.05, 3.63) is 66.2 Å².